The van der Waals surface area contributed by atoms with Crippen LogP contribution < -0.4 is 15.4 Å². The molecule has 0 saturated heterocycles. The highest BCUT2D eigenvalue weighted by molar-refractivity contribution is 14.0. The summed E-state index contributed by atoms with van der Waals surface area (Å²) in [6, 6.07) is 6.81. The van der Waals surface area contributed by atoms with E-state index in [1.165, 1.54) is 7.11 Å². The molecule has 3 N–H and O–H groups in total. The molecule has 0 fully saturated rings. The Morgan fingerprint density at radius 1 is 1.27 bits per heavy atom. The van der Waals surface area contributed by atoms with Crippen molar-refractivity contribution >= 4 is 51.7 Å². The predicted octanol–water partition coefficient (Wildman–Crippen LogP) is 1.65. The molecule has 0 aliphatic heterocycles. The maximum absolute atomic E-state index is 12.2. The summed E-state index contributed by atoms with van der Waals surface area (Å²) in [7, 11) is -2.00. The molecule has 0 radical (unpaired) electrons. The molecule has 0 amide bonds. The minimum atomic E-state index is -3.53. The van der Waals surface area contributed by atoms with Crippen molar-refractivity contribution in [2.45, 2.75) is 18.4 Å². The fourth-order valence-electron chi connectivity index (χ4n) is 1.96. The van der Waals surface area contributed by atoms with Gasteiger partial charge in [-0.1, -0.05) is 12.1 Å². The van der Waals surface area contributed by atoms with E-state index >= 15 is 0 Å². The molecule has 1 aromatic carbocycles. The molecule has 0 spiro atoms. The third kappa shape index (κ3) is 9.95. The highest BCUT2D eigenvalue weighted by atomic mass is 127. The summed E-state index contributed by atoms with van der Waals surface area (Å²) >= 11 is 1.76. The normalized spacial score (nSPS) is 11.7. The van der Waals surface area contributed by atoms with Gasteiger partial charge in [0.2, 0.25) is 10.0 Å². The van der Waals surface area contributed by atoms with Crippen molar-refractivity contribution in [3.05, 3.63) is 29.8 Å². The number of benzene rings is 1. The Morgan fingerprint density at radius 3 is 2.69 bits per heavy atom. The van der Waals surface area contributed by atoms with E-state index in [4.69, 9.17) is 4.74 Å². The first-order valence-electron chi connectivity index (χ1n) is 8.12. The summed E-state index contributed by atoms with van der Waals surface area (Å²) in [5, 5.41) is 6.42. The lowest BCUT2D eigenvalue weighted by Gasteiger charge is -2.11. The Bertz CT molecular complexity index is 642. The summed E-state index contributed by atoms with van der Waals surface area (Å²) in [6.45, 7) is 4.57. The molecular weight excluding hydrogens is 487 g/mol. The number of ether oxygens (including phenoxy) is 1. The van der Waals surface area contributed by atoms with Crippen LogP contribution in [-0.4, -0.2) is 59.7 Å². The van der Waals surface area contributed by atoms with E-state index in [9.17, 15) is 8.42 Å². The smallest absolute Gasteiger partial charge is 0.240 e. The van der Waals surface area contributed by atoms with E-state index in [1.54, 1.807) is 30.0 Å². The second-order valence-electron chi connectivity index (χ2n) is 5.15. The molecule has 0 atom stereocenters. The van der Waals surface area contributed by atoms with Gasteiger partial charge in [-0.05, 0) is 30.9 Å². The predicted molar refractivity (Wildman–Crippen MR) is 120 cm³/mol. The number of rotatable bonds is 11. The lowest BCUT2D eigenvalue weighted by Crippen LogP contribution is -2.38. The summed E-state index contributed by atoms with van der Waals surface area (Å²) in [5.74, 6) is 1.72. The zero-order valence-electron chi connectivity index (χ0n) is 15.4. The Kier molecular flexibility index (Phi) is 14.2. The van der Waals surface area contributed by atoms with Crippen LogP contribution in [0.1, 0.15) is 12.5 Å². The van der Waals surface area contributed by atoms with E-state index in [1.807, 2.05) is 13.0 Å². The SMILES string of the molecule is CCNC(=NCc1cccc(S(=O)(=O)NCCOC)c1)NCCSC.I. The first-order chi connectivity index (χ1) is 12.0. The van der Waals surface area contributed by atoms with Crippen molar-refractivity contribution in [3.8, 4) is 0 Å². The van der Waals surface area contributed by atoms with Gasteiger partial charge >= 0.3 is 0 Å². The Morgan fingerprint density at radius 2 is 2.04 bits per heavy atom. The number of guanidine groups is 1. The van der Waals surface area contributed by atoms with Crippen molar-refractivity contribution in [1.82, 2.24) is 15.4 Å². The fraction of sp³-hybridized carbons (Fsp3) is 0.562. The van der Waals surface area contributed by atoms with Gasteiger partial charge in [0.15, 0.2) is 5.96 Å². The van der Waals surface area contributed by atoms with Crippen molar-refractivity contribution in [3.63, 3.8) is 0 Å². The minimum absolute atomic E-state index is 0. The molecule has 0 bridgehead atoms. The van der Waals surface area contributed by atoms with Crippen LogP contribution in [-0.2, 0) is 21.3 Å². The number of hydrogen-bond acceptors (Lipinski definition) is 5. The first kappa shape index (κ1) is 25.4. The minimum Gasteiger partial charge on any atom is -0.383 e. The summed E-state index contributed by atoms with van der Waals surface area (Å²) in [5.41, 5.74) is 0.830. The molecular formula is C16H29IN4O3S2. The summed E-state index contributed by atoms with van der Waals surface area (Å²) < 4.78 is 31.9. The molecule has 26 heavy (non-hydrogen) atoms. The van der Waals surface area contributed by atoms with Crippen LogP contribution >= 0.6 is 35.7 Å². The molecule has 1 rings (SSSR count). The van der Waals surface area contributed by atoms with Crippen molar-refractivity contribution in [1.29, 1.82) is 0 Å². The molecule has 0 aromatic heterocycles. The molecule has 0 saturated carbocycles. The largest absolute Gasteiger partial charge is 0.383 e. The standard InChI is InChI=1S/C16H28N4O3S2.HI/c1-4-17-16(18-9-11-24-3)19-13-14-6-5-7-15(12-14)25(21,22)20-8-10-23-2;/h5-7,12,20H,4,8-11,13H2,1-3H3,(H2,17,18,19);1H. The van der Waals surface area contributed by atoms with Gasteiger partial charge in [0.25, 0.3) is 0 Å². The molecule has 7 nitrogen and oxygen atoms in total. The zero-order valence-corrected chi connectivity index (χ0v) is 19.4. The van der Waals surface area contributed by atoms with Crippen LogP contribution in [0.15, 0.2) is 34.2 Å². The van der Waals surface area contributed by atoms with Gasteiger partial charge in [0, 0.05) is 32.5 Å². The molecule has 0 unspecified atom stereocenters. The number of aliphatic imine (C=N–C) groups is 1. The maximum atomic E-state index is 12.2. The molecule has 150 valence electrons. The lowest BCUT2D eigenvalue weighted by atomic mass is 10.2. The maximum Gasteiger partial charge on any atom is 0.240 e. The number of nitrogens with one attached hydrogen (secondary N) is 3. The fourth-order valence-corrected chi connectivity index (χ4v) is 3.35. The van der Waals surface area contributed by atoms with Gasteiger partial charge in [-0.2, -0.15) is 11.8 Å². The average Bonchev–Trinajstić information content (AvgIpc) is 2.60. The monoisotopic (exact) mass is 516 g/mol. The van der Waals surface area contributed by atoms with Crippen molar-refractivity contribution in [2.75, 3.05) is 45.4 Å². The quantitative estimate of drug-likeness (QED) is 0.179. The van der Waals surface area contributed by atoms with E-state index in [2.05, 4.69) is 26.6 Å². The van der Waals surface area contributed by atoms with Crippen molar-refractivity contribution in [2.24, 2.45) is 4.99 Å². The average molecular weight is 516 g/mol. The third-order valence-electron chi connectivity index (χ3n) is 3.17. The Balaban J connectivity index is 0.00000625. The molecule has 0 aliphatic rings. The lowest BCUT2D eigenvalue weighted by molar-refractivity contribution is 0.204. The van der Waals surface area contributed by atoms with E-state index in [0.29, 0.717) is 13.2 Å². The number of sulfonamides is 1. The van der Waals surface area contributed by atoms with E-state index in [-0.39, 0.29) is 35.4 Å². The Hall–Kier alpha value is -0.560. The second-order valence-corrected chi connectivity index (χ2v) is 7.91. The van der Waals surface area contributed by atoms with E-state index in [0.717, 1.165) is 30.4 Å². The van der Waals surface area contributed by atoms with E-state index < -0.39 is 10.0 Å². The van der Waals surface area contributed by atoms with Crippen LogP contribution in [0.5, 0.6) is 0 Å². The van der Waals surface area contributed by atoms with Crippen LogP contribution in [0, 0.1) is 0 Å². The third-order valence-corrected chi connectivity index (χ3v) is 5.24. The van der Waals surface area contributed by atoms with Crippen LogP contribution in [0.2, 0.25) is 0 Å². The molecule has 1 aromatic rings. The number of hydrogen-bond donors (Lipinski definition) is 3. The highest BCUT2D eigenvalue weighted by Gasteiger charge is 2.13. The summed E-state index contributed by atoms with van der Waals surface area (Å²) in [4.78, 5) is 4.74. The van der Waals surface area contributed by atoms with Crippen LogP contribution in [0.4, 0.5) is 0 Å². The number of thioether (sulfide) groups is 1. The Labute approximate surface area is 178 Å². The molecule has 0 aliphatic carbocycles. The highest BCUT2D eigenvalue weighted by Crippen LogP contribution is 2.12. The number of nitrogens with zero attached hydrogens (tertiary/aromatic N) is 1. The molecule has 10 heteroatoms. The summed E-state index contributed by atoms with van der Waals surface area (Å²) in [6.07, 6.45) is 2.05. The van der Waals surface area contributed by atoms with Gasteiger partial charge in [-0.25, -0.2) is 18.1 Å². The second kappa shape index (κ2) is 14.5. The van der Waals surface area contributed by atoms with Crippen LogP contribution in [0.3, 0.4) is 0 Å². The van der Waals surface area contributed by atoms with Gasteiger partial charge < -0.3 is 15.4 Å². The van der Waals surface area contributed by atoms with Gasteiger partial charge in [-0.3, -0.25) is 0 Å². The number of halogens is 1. The topological polar surface area (TPSA) is 91.8 Å². The van der Waals surface area contributed by atoms with Gasteiger partial charge in [0.1, 0.15) is 0 Å². The van der Waals surface area contributed by atoms with Gasteiger partial charge in [-0.15, -0.1) is 24.0 Å². The van der Waals surface area contributed by atoms with Crippen LogP contribution in [0.25, 0.3) is 0 Å². The van der Waals surface area contributed by atoms with Gasteiger partial charge in [0.05, 0.1) is 18.0 Å². The molecule has 0 heterocycles. The number of methoxy groups -OCH3 is 1. The first-order valence-corrected chi connectivity index (χ1v) is 11.0. The zero-order chi connectivity index (χ0) is 18.5. The van der Waals surface area contributed by atoms with Crippen molar-refractivity contribution < 1.29 is 13.2 Å².